The van der Waals surface area contributed by atoms with Gasteiger partial charge in [-0.05, 0) is 63.2 Å². The van der Waals surface area contributed by atoms with Crippen LogP contribution in [-0.2, 0) is 65.4 Å². The van der Waals surface area contributed by atoms with Gasteiger partial charge in [0, 0.05) is 25.7 Å². The lowest BCUT2D eigenvalue weighted by Crippen LogP contribution is -2.30. The van der Waals surface area contributed by atoms with Crippen LogP contribution in [0.5, 0.6) is 0 Å². The number of ether oxygens (including phenoxy) is 4. The van der Waals surface area contributed by atoms with Crippen molar-refractivity contribution in [2.75, 3.05) is 39.6 Å². The summed E-state index contributed by atoms with van der Waals surface area (Å²) in [6.07, 6.45) is 64.4. The lowest BCUT2D eigenvalue weighted by molar-refractivity contribution is -0.161. The third-order valence-electron chi connectivity index (χ3n) is 18.7. The summed E-state index contributed by atoms with van der Waals surface area (Å²) < 4.78 is 68.7. The molecule has 0 rings (SSSR count). The third-order valence-corrected chi connectivity index (χ3v) is 20.6. The fraction of sp³-hybridized carbons (Fsp3) is 0.901. The van der Waals surface area contributed by atoms with E-state index < -0.39 is 97.5 Å². The minimum atomic E-state index is -4.97. The number of unbranched alkanes of at least 4 members (excludes halogenated alkanes) is 44. The number of rotatable bonds is 78. The fourth-order valence-corrected chi connectivity index (χ4v) is 13.5. The van der Waals surface area contributed by atoms with Crippen LogP contribution in [0.15, 0.2) is 24.3 Å². The first-order chi connectivity index (χ1) is 48.4. The van der Waals surface area contributed by atoms with Crippen LogP contribution in [0.1, 0.15) is 401 Å². The second kappa shape index (κ2) is 72.1. The zero-order chi connectivity index (χ0) is 73.5. The van der Waals surface area contributed by atoms with Crippen LogP contribution in [-0.4, -0.2) is 96.7 Å². The molecule has 0 aliphatic heterocycles. The molecule has 0 aliphatic rings. The largest absolute Gasteiger partial charge is 0.472 e. The minimum absolute atomic E-state index is 0.101. The van der Waals surface area contributed by atoms with Gasteiger partial charge in [0.1, 0.15) is 19.3 Å². The molecule has 0 saturated carbocycles. The molecule has 0 aromatic rings. The number of carbonyl (C=O) groups is 4. The molecule has 0 heterocycles. The molecular formula is C81H154O17P2. The molecule has 0 spiro atoms. The number of esters is 4. The van der Waals surface area contributed by atoms with E-state index in [4.69, 9.17) is 37.0 Å². The number of phosphoric acid groups is 2. The van der Waals surface area contributed by atoms with Crippen LogP contribution in [0.4, 0.5) is 0 Å². The third kappa shape index (κ3) is 72.5. The lowest BCUT2D eigenvalue weighted by atomic mass is 9.99. The van der Waals surface area contributed by atoms with Crippen molar-refractivity contribution in [2.24, 2.45) is 11.8 Å². The SMILES string of the molecule is CCCCCC/C=C\C=C/CCCCCCCC(=O)OC[C@H](COP(=O)(O)OC[C@@H](O)COP(=O)(O)OC[C@@H](COC(=O)CCCCCCCCCCCCCCC)OC(=O)CCCCCCCCCCCCC(C)CC)OC(=O)CCCCCCCCCCCCCCCCCC(C)C. The van der Waals surface area contributed by atoms with Gasteiger partial charge in [0.2, 0.25) is 0 Å². The molecule has 0 aromatic carbocycles. The Balaban J connectivity index is 5.30. The maximum atomic E-state index is 13.1. The highest BCUT2D eigenvalue weighted by Crippen LogP contribution is 2.45. The maximum absolute atomic E-state index is 13.1. The summed E-state index contributed by atoms with van der Waals surface area (Å²) in [4.78, 5) is 73.0. The average molecular weight is 1460 g/mol. The number of aliphatic hydroxyl groups is 1. The Bertz CT molecular complexity index is 2020. The minimum Gasteiger partial charge on any atom is -0.462 e. The van der Waals surface area contributed by atoms with Gasteiger partial charge in [-0.2, -0.15) is 0 Å². The normalized spacial score (nSPS) is 14.3. The number of aliphatic hydroxyl groups excluding tert-OH is 1. The van der Waals surface area contributed by atoms with Gasteiger partial charge < -0.3 is 33.8 Å². The smallest absolute Gasteiger partial charge is 0.462 e. The zero-order valence-electron chi connectivity index (χ0n) is 65.0. The second-order valence-electron chi connectivity index (χ2n) is 29.2. The highest BCUT2D eigenvalue weighted by Gasteiger charge is 2.30. The molecule has 0 fully saturated rings. The molecule has 0 radical (unpaired) electrons. The molecule has 0 aromatic heterocycles. The quantitative estimate of drug-likeness (QED) is 0.0169. The molecule has 6 atom stereocenters. The standard InChI is InChI=1S/C81H154O17P2/c1-7-10-12-14-16-18-20-22-24-29-33-40-46-52-58-64-79(84)92-69-76(97-80(85)65-59-53-47-41-34-30-26-23-25-28-31-37-43-49-55-61-73(4)5)71-95-99(87,88)93-67-75(82)68-94-100(89,90)96-72-77(70-91-78(83)63-57-51-45-39-32-27-21-19-17-15-13-11-8-2)98-81(86)66-60-54-48-42-36-35-38-44-50-56-62-74(6)9-3/h18,20,22,24,73-77,82H,7-17,19,21,23,25-72H2,1-6H3,(H,87,88)(H,89,90)/b20-18-,24-22-/t74?,75-,76-,77-/m1/s1. The molecule has 3 unspecified atom stereocenters. The van der Waals surface area contributed by atoms with Gasteiger partial charge in [0.25, 0.3) is 0 Å². The molecule has 590 valence electrons. The monoisotopic (exact) mass is 1460 g/mol. The number of hydrogen-bond acceptors (Lipinski definition) is 15. The Kier molecular flexibility index (Phi) is 70.3. The van der Waals surface area contributed by atoms with E-state index in [0.29, 0.717) is 25.7 Å². The first-order valence-corrected chi connectivity index (χ1v) is 44.3. The number of hydrogen-bond donors (Lipinski definition) is 3. The van der Waals surface area contributed by atoms with E-state index in [0.717, 1.165) is 121 Å². The summed E-state index contributed by atoms with van der Waals surface area (Å²) in [7, 11) is -9.93. The van der Waals surface area contributed by atoms with Gasteiger partial charge in [-0.3, -0.25) is 37.3 Å². The zero-order valence-corrected chi connectivity index (χ0v) is 66.8. The molecule has 0 bridgehead atoms. The van der Waals surface area contributed by atoms with E-state index in [1.807, 2.05) is 0 Å². The number of allylic oxidation sites excluding steroid dienone is 4. The number of phosphoric ester groups is 2. The van der Waals surface area contributed by atoms with Crippen molar-refractivity contribution in [3.63, 3.8) is 0 Å². The number of carbonyl (C=O) groups excluding carboxylic acids is 4. The van der Waals surface area contributed by atoms with Crippen LogP contribution in [0.3, 0.4) is 0 Å². The van der Waals surface area contributed by atoms with Crippen molar-refractivity contribution in [3.8, 4) is 0 Å². The van der Waals surface area contributed by atoms with Crippen molar-refractivity contribution in [3.05, 3.63) is 24.3 Å². The van der Waals surface area contributed by atoms with Crippen LogP contribution >= 0.6 is 15.6 Å². The predicted molar refractivity (Wildman–Crippen MR) is 409 cm³/mol. The molecule has 0 aliphatic carbocycles. The van der Waals surface area contributed by atoms with Crippen molar-refractivity contribution in [1.29, 1.82) is 0 Å². The molecule has 100 heavy (non-hydrogen) atoms. The summed E-state index contributed by atoms with van der Waals surface area (Å²) in [6.45, 7) is 9.62. The van der Waals surface area contributed by atoms with E-state index in [2.05, 4.69) is 65.8 Å². The van der Waals surface area contributed by atoms with E-state index in [1.54, 1.807) is 0 Å². The molecule has 0 saturated heterocycles. The summed E-state index contributed by atoms with van der Waals surface area (Å²) in [5, 5.41) is 10.6. The lowest BCUT2D eigenvalue weighted by Gasteiger charge is -2.21. The van der Waals surface area contributed by atoms with Gasteiger partial charge in [-0.25, -0.2) is 9.13 Å². The summed E-state index contributed by atoms with van der Waals surface area (Å²) in [5.74, 6) is -0.535. The summed E-state index contributed by atoms with van der Waals surface area (Å²) in [6, 6.07) is 0. The maximum Gasteiger partial charge on any atom is 0.472 e. The Morgan fingerprint density at radius 2 is 0.590 bits per heavy atom. The van der Waals surface area contributed by atoms with Gasteiger partial charge >= 0.3 is 39.5 Å². The molecule has 3 N–H and O–H groups in total. The van der Waals surface area contributed by atoms with Gasteiger partial charge in [-0.15, -0.1) is 0 Å². The van der Waals surface area contributed by atoms with Crippen molar-refractivity contribution < 1.29 is 80.2 Å². The molecular weight excluding hydrogens is 1310 g/mol. The molecule has 17 nitrogen and oxygen atoms in total. The second-order valence-corrected chi connectivity index (χ2v) is 32.1. The van der Waals surface area contributed by atoms with Gasteiger partial charge in [-0.1, -0.05) is 348 Å². The first kappa shape index (κ1) is 97.5. The highest BCUT2D eigenvalue weighted by atomic mass is 31.2. The summed E-state index contributed by atoms with van der Waals surface area (Å²) in [5.41, 5.74) is 0. The topological polar surface area (TPSA) is 237 Å². The Hall–Kier alpha value is -2.46. The van der Waals surface area contributed by atoms with Crippen LogP contribution < -0.4 is 0 Å². The Morgan fingerprint density at radius 1 is 0.330 bits per heavy atom. The van der Waals surface area contributed by atoms with E-state index in [9.17, 15) is 43.2 Å². The van der Waals surface area contributed by atoms with E-state index in [1.165, 1.54) is 199 Å². The first-order valence-electron chi connectivity index (χ1n) is 41.3. The van der Waals surface area contributed by atoms with Gasteiger partial charge in [0.05, 0.1) is 26.4 Å². The average Bonchev–Trinajstić information content (AvgIpc) is 0.923. The summed E-state index contributed by atoms with van der Waals surface area (Å²) >= 11 is 0. The van der Waals surface area contributed by atoms with E-state index >= 15 is 0 Å². The van der Waals surface area contributed by atoms with Gasteiger partial charge in [0.15, 0.2) is 12.2 Å². The van der Waals surface area contributed by atoms with Crippen molar-refractivity contribution >= 4 is 39.5 Å². The molecule has 0 amide bonds. The molecule has 19 heteroatoms. The van der Waals surface area contributed by atoms with Crippen molar-refractivity contribution in [2.45, 2.75) is 419 Å². The Morgan fingerprint density at radius 3 is 0.900 bits per heavy atom. The van der Waals surface area contributed by atoms with Crippen LogP contribution in [0.25, 0.3) is 0 Å². The van der Waals surface area contributed by atoms with Crippen LogP contribution in [0, 0.1) is 11.8 Å². The van der Waals surface area contributed by atoms with Crippen LogP contribution in [0.2, 0.25) is 0 Å². The van der Waals surface area contributed by atoms with E-state index in [-0.39, 0.29) is 25.7 Å². The van der Waals surface area contributed by atoms with Crippen molar-refractivity contribution in [1.82, 2.24) is 0 Å². The highest BCUT2D eigenvalue weighted by molar-refractivity contribution is 7.47. The predicted octanol–water partition coefficient (Wildman–Crippen LogP) is 23.8. The Labute approximate surface area is 612 Å². The fourth-order valence-electron chi connectivity index (χ4n) is 12.0.